The van der Waals surface area contributed by atoms with Crippen LogP contribution < -0.4 is 14.2 Å². The van der Waals surface area contributed by atoms with Crippen LogP contribution in [0.2, 0.25) is 5.02 Å². The number of hydrogen-bond acceptors (Lipinski definition) is 12. The number of pyridine rings is 1. The van der Waals surface area contributed by atoms with Crippen LogP contribution in [0.5, 0.6) is 11.6 Å². The number of halogens is 1. The van der Waals surface area contributed by atoms with Gasteiger partial charge in [0, 0.05) is 30.8 Å². The molecular formula is C41H59ClN4O10S. The second kappa shape index (κ2) is 16.6. The molecule has 1 aromatic carbocycles. The first-order valence-electron chi connectivity index (χ1n) is 19.7. The van der Waals surface area contributed by atoms with Gasteiger partial charge >= 0.3 is 16.3 Å². The molecule has 16 heteroatoms. The number of Topliss-reactive ketones (excluding diaryl/α,β-unsaturated/α-hetero) is 1. The van der Waals surface area contributed by atoms with E-state index < -0.39 is 74.0 Å². The third kappa shape index (κ3) is 11.2. The number of rotatable bonds is 17. The Balaban J connectivity index is 1.47. The van der Waals surface area contributed by atoms with Crippen LogP contribution in [0.4, 0.5) is 0 Å². The highest BCUT2D eigenvalue weighted by Gasteiger charge is 2.62. The fraction of sp³-hybridized carbons (Fsp3) is 0.683. The number of amides is 2. The number of fused-ring (bicyclic) bond motifs is 1. The van der Waals surface area contributed by atoms with Crippen molar-refractivity contribution in [2.45, 2.75) is 124 Å². The van der Waals surface area contributed by atoms with Gasteiger partial charge < -0.3 is 24.0 Å². The fourth-order valence-electron chi connectivity index (χ4n) is 7.47. The number of nitrogens with zero attached hydrogens (tertiary/aromatic N) is 3. The van der Waals surface area contributed by atoms with Crippen LogP contribution >= 0.6 is 11.6 Å². The Labute approximate surface area is 341 Å². The van der Waals surface area contributed by atoms with Gasteiger partial charge in [0.25, 0.3) is 0 Å². The highest BCUT2D eigenvalue weighted by atomic mass is 35.5. The van der Waals surface area contributed by atoms with Crippen molar-refractivity contribution in [3.63, 3.8) is 0 Å². The Morgan fingerprint density at radius 2 is 1.79 bits per heavy atom. The molecular weight excluding hydrogens is 776 g/mol. The van der Waals surface area contributed by atoms with E-state index in [4.69, 9.17) is 30.0 Å². The highest BCUT2D eigenvalue weighted by Crippen LogP contribution is 2.58. The molecule has 3 aliphatic rings. The number of ether oxygens (including phenoxy) is 3. The van der Waals surface area contributed by atoms with Crippen molar-refractivity contribution in [3.05, 3.63) is 29.3 Å². The largest absolute Gasteiger partial charge is 0.488 e. The average Bonchev–Trinajstić information content (AvgIpc) is 3.94. The lowest BCUT2D eigenvalue weighted by atomic mass is 9.77. The van der Waals surface area contributed by atoms with Gasteiger partial charge in [0.1, 0.15) is 24.1 Å². The van der Waals surface area contributed by atoms with Crippen molar-refractivity contribution in [3.8, 4) is 11.6 Å². The van der Waals surface area contributed by atoms with Gasteiger partial charge in [-0.05, 0) is 84.5 Å². The van der Waals surface area contributed by atoms with Crippen LogP contribution in [0.15, 0.2) is 24.3 Å². The van der Waals surface area contributed by atoms with Crippen molar-refractivity contribution >= 4 is 56.4 Å². The molecule has 1 aliphatic heterocycles. The van der Waals surface area contributed by atoms with Gasteiger partial charge in [0.15, 0.2) is 5.78 Å². The Morgan fingerprint density at radius 3 is 2.37 bits per heavy atom. The van der Waals surface area contributed by atoms with Crippen LogP contribution in [-0.4, -0.2) is 104 Å². The molecule has 2 aromatic rings. The summed E-state index contributed by atoms with van der Waals surface area (Å²) in [6.45, 7) is 15.3. The van der Waals surface area contributed by atoms with Gasteiger partial charge in [0.05, 0.1) is 46.5 Å². The summed E-state index contributed by atoms with van der Waals surface area (Å²) < 4.78 is 51.3. The topological polar surface area (TPSA) is 171 Å². The van der Waals surface area contributed by atoms with Gasteiger partial charge in [-0.1, -0.05) is 51.8 Å². The number of aromatic nitrogens is 1. The minimum absolute atomic E-state index is 0.00541. The average molecular weight is 835 g/mol. The Morgan fingerprint density at radius 1 is 1.11 bits per heavy atom. The molecule has 1 N–H and O–H groups in total. The zero-order chi connectivity index (χ0) is 42.3. The van der Waals surface area contributed by atoms with E-state index in [-0.39, 0.29) is 37.6 Å². The number of benzene rings is 1. The van der Waals surface area contributed by atoms with Gasteiger partial charge in [-0.25, -0.2) is 13.9 Å². The predicted molar refractivity (Wildman–Crippen MR) is 215 cm³/mol. The van der Waals surface area contributed by atoms with E-state index in [0.717, 1.165) is 0 Å². The first kappa shape index (κ1) is 44.6. The molecule has 5 atom stereocenters. The smallest absolute Gasteiger partial charge is 0.362 e. The van der Waals surface area contributed by atoms with Crippen LogP contribution in [-0.2, 0) is 38.4 Å². The molecule has 2 heterocycles. The lowest BCUT2D eigenvalue weighted by molar-refractivity contribution is -0.161. The molecule has 2 amide bonds. The summed E-state index contributed by atoms with van der Waals surface area (Å²) >= 11 is 6.59. The van der Waals surface area contributed by atoms with E-state index in [2.05, 4.69) is 9.71 Å². The van der Waals surface area contributed by atoms with Crippen molar-refractivity contribution in [1.29, 1.82) is 0 Å². The molecule has 5 rings (SSSR count). The van der Waals surface area contributed by atoms with Gasteiger partial charge in [-0.2, -0.15) is 8.42 Å². The predicted octanol–water partition coefficient (Wildman–Crippen LogP) is 5.88. The summed E-state index contributed by atoms with van der Waals surface area (Å²) in [6.07, 6.45) is 0.796. The lowest BCUT2D eigenvalue weighted by Crippen LogP contribution is -2.49. The van der Waals surface area contributed by atoms with Crippen LogP contribution in [0.25, 0.3) is 10.9 Å². The van der Waals surface area contributed by atoms with E-state index >= 15 is 0 Å². The number of carbonyl (C=O) groups is 4. The number of ketones is 1. The summed E-state index contributed by atoms with van der Waals surface area (Å²) in [4.78, 5) is 64.3. The van der Waals surface area contributed by atoms with Crippen molar-refractivity contribution < 1.29 is 46.0 Å². The second-order valence-electron chi connectivity index (χ2n) is 18.5. The van der Waals surface area contributed by atoms with E-state index in [1.807, 2.05) is 52.8 Å². The van der Waals surface area contributed by atoms with Crippen molar-refractivity contribution in [2.24, 2.45) is 22.7 Å². The maximum absolute atomic E-state index is 14.7. The maximum atomic E-state index is 14.7. The molecule has 0 unspecified atom stereocenters. The number of likely N-dealkylation sites (tertiary alicyclic amines) is 1. The fourth-order valence-corrected chi connectivity index (χ4v) is 8.85. The SMILES string of the molecule is CC[C@@H]1C[C@]1(CC(=O)[C@@H]1C[C@@H](Oc2cc(OCCN(C)C)nc3c(Cl)cccc23)CN1C(=O)[C@@H](CC(=O)OC(C)(C)C)C(C)(C)C)C(=O)NS(=O)(=O)OC1(C)CC1. The third-order valence-corrected chi connectivity index (χ3v) is 12.4. The third-order valence-electron chi connectivity index (χ3n) is 11.0. The number of para-hydroxylation sites is 1. The summed E-state index contributed by atoms with van der Waals surface area (Å²) in [7, 11) is -0.572. The highest BCUT2D eigenvalue weighted by molar-refractivity contribution is 7.85. The van der Waals surface area contributed by atoms with Crippen LogP contribution in [0.3, 0.4) is 0 Å². The number of hydrogen-bond donors (Lipinski definition) is 1. The quantitative estimate of drug-likeness (QED) is 0.188. The zero-order valence-electron chi connectivity index (χ0n) is 34.9. The van der Waals surface area contributed by atoms with Gasteiger partial charge in [0.2, 0.25) is 17.7 Å². The molecule has 14 nitrogen and oxygen atoms in total. The molecule has 1 saturated heterocycles. The summed E-state index contributed by atoms with van der Waals surface area (Å²) in [6, 6.07) is 5.92. The molecule has 3 fully saturated rings. The molecule has 0 bridgehead atoms. The molecule has 2 aliphatic carbocycles. The van der Waals surface area contributed by atoms with Crippen molar-refractivity contribution in [2.75, 3.05) is 33.8 Å². The molecule has 0 radical (unpaired) electrons. The van der Waals surface area contributed by atoms with Crippen LogP contribution in [0, 0.1) is 22.7 Å². The number of nitrogens with one attached hydrogen (secondary N) is 1. The van der Waals surface area contributed by atoms with Crippen molar-refractivity contribution in [1.82, 2.24) is 19.5 Å². The monoisotopic (exact) mass is 834 g/mol. The van der Waals surface area contributed by atoms with Gasteiger partial charge in [-0.15, -0.1) is 0 Å². The molecule has 316 valence electrons. The number of carbonyl (C=O) groups excluding carboxylic acids is 4. The van der Waals surface area contributed by atoms with Gasteiger partial charge in [-0.3, -0.25) is 19.2 Å². The van der Waals surface area contributed by atoms with Crippen LogP contribution in [0.1, 0.15) is 100 Å². The van der Waals surface area contributed by atoms with E-state index in [9.17, 15) is 27.6 Å². The maximum Gasteiger partial charge on any atom is 0.362 e. The molecule has 57 heavy (non-hydrogen) atoms. The van der Waals surface area contributed by atoms with E-state index in [0.29, 0.717) is 60.5 Å². The minimum atomic E-state index is -4.43. The number of likely N-dealkylation sites (N-methyl/N-ethyl adjacent to an activating group) is 1. The molecule has 1 aromatic heterocycles. The van der Waals surface area contributed by atoms with E-state index in [1.165, 1.54) is 4.90 Å². The molecule has 0 spiro atoms. The lowest BCUT2D eigenvalue weighted by Gasteiger charge is -2.35. The molecule has 2 saturated carbocycles. The Kier molecular flexibility index (Phi) is 13.0. The first-order chi connectivity index (χ1) is 26.3. The summed E-state index contributed by atoms with van der Waals surface area (Å²) in [5.74, 6) is -2.61. The summed E-state index contributed by atoms with van der Waals surface area (Å²) in [5, 5.41) is 0.995. The zero-order valence-corrected chi connectivity index (χ0v) is 36.5. The Bertz CT molecular complexity index is 1970. The normalized spacial score (nSPS) is 23.6. The number of esters is 1. The summed E-state index contributed by atoms with van der Waals surface area (Å²) in [5.41, 5.74) is -3.17. The van der Waals surface area contributed by atoms with E-state index in [1.54, 1.807) is 45.9 Å². The second-order valence-corrected chi connectivity index (χ2v) is 20.2. The standard InChI is InChI=1S/C41H59ClN4O10S/c1-11-25-22-41(25,37(50)44-57(51,52)56-40(8)15-16-40)23-31(47)30-19-26(24-46(30)36(49)28(38(2,3)4)20-34(48)55-39(5,6)7)54-32-21-33(53-18-17-45(9)10)43-35-27(32)13-12-14-29(35)42/h12-14,21,25-26,28,30H,11,15-20,22-24H2,1-10H3,(H,44,50)/t25-,26-,28-,30+,41-/m1/s1. The first-order valence-corrected chi connectivity index (χ1v) is 21.5. The minimum Gasteiger partial charge on any atom is -0.488 e. The Hall–Kier alpha value is -3.53.